The predicted octanol–water partition coefficient (Wildman–Crippen LogP) is 13.4. The van der Waals surface area contributed by atoms with Crippen molar-refractivity contribution in [2.45, 2.75) is 5.41 Å². The van der Waals surface area contributed by atoms with Crippen LogP contribution in [0.1, 0.15) is 22.3 Å². The number of hydrogen-bond donors (Lipinski definition) is 0. The number of rotatable bonds is 2. The van der Waals surface area contributed by atoms with Gasteiger partial charge in [-0.1, -0.05) is 158 Å². The average Bonchev–Trinajstić information content (AvgIpc) is 3.68. The van der Waals surface area contributed by atoms with Crippen LogP contribution in [0.3, 0.4) is 0 Å². The summed E-state index contributed by atoms with van der Waals surface area (Å²) >= 11 is 0. The molecule has 9 aromatic carbocycles. The lowest BCUT2D eigenvalue weighted by Crippen LogP contribution is -2.25. The van der Waals surface area contributed by atoms with Crippen LogP contribution in [-0.2, 0) is 5.41 Å². The largest absolute Gasteiger partial charge is 0.456 e. The minimum Gasteiger partial charge on any atom is -0.456 e. The molecule has 3 aliphatic rings. The number of fused-ring (bicyclic) bond motifs is 14. The summed E-state index contributed by atoms with van der Waals surface area (Å²) in [6.07, 6.45) is 0. The highest BCUT2D eigenvalue weighted by molar-refractivity contribution is 6.10. The molecule has 12 rings (SSSR count). The summed E-state index contributed by atoms with van der Waals surface area (Å²) < 4.78 is 6.42. The molecule has 9 aromatic rings. The zero-order valence-electron chi connectivity index (χ0n) is 28.2. The average molecular weight is 659 g/mol. The van der Waals surface area contributed by atoms with Gasteiger partial charge in [-0.15, -0.1) is 0 Å². The number of benzene rings is 9. The highest BCUT2D eigenvalue weighted by atomic mass is 16.5. The molecular formula is C51H30O. The molecule has 0 N–H and O–H groups in total. The fourth-order valence-corrected chi connectivity index (χ4v) is 9.79. The highest BCUT2D eigenvalue weighted by Gasteiger charge is 2.52. The lowest BCUT2D eigenvalue weighted by molar-refractivity contribution is 0.487. The molecule has 0 fully saturated rings. The van der Waals surface area contributed by atoms with Crippen molar-refractivity contribution < 1.29 is 4.74 Å². The van der Waals surface area contributed by atoms with Crippen LogP contribution in [0.2, 0.25) is 0 Å². The van der Waals surface area contributed by atoms with E-state index in [9.17, 15) is 0 Å². The van der Waals surface area contributed by atoms with Gasteiger partial charge in [0.2, 0.25) is 0 Å². The standard InChI is InChI=1S/C51H30O/c1-2-14-36-31(11-1)24-27-45-49(36)42-17-4-7-21-44(42)51(45)43-20-6-3-15-37(43)38-25-23-33(30-46(38)51)32-12-9-13-34(29-32)35-26-28-48-50-40(35)18-10-19-41(50)39-16-5-8-22-47(39)52-48/h1-30H. The van der Waals surface area contributed by atoms with E-state index >= 15 is 0 Å². The highest BCUT2D eigenvalue weighted by Crippen LogP contribution is 2.64. The maximum absolute atomic E-state index is 6.42. The van der Waals surface area contributed by atoms with E-state index in [1.54, 1.807) is 0 Å². The van der Waals surface area contributed by atoms with Crippen molar-refractivity contribution >= 4 is 21.5 Å². The molecule has 0 saturated carbocycles. The van der Waals surface area contributed by atoms with E-state index in [2.05, 4.69) is 176 Å². The van der Waals surface area contributed by atoms with Crippen LogP contribution in [0.5, 0.6) is 11.5 Å². The predicted molar refractivity (Wildman–Crippen MR) is 214 cm³/mol. The molecular weight excluding hydrogens is 629 g/mol. The molecule has 52 heavy (non-hydrogen) atoms. The molecule has 1 aliphatic heterocycles. The maximum Gasteiger partial charge on any atom is 0.135 e. The van der Waals surface area contributed by atoms with Gasteiger partial charge < -0.3 is 4.74 Å². The van der Waals surface area contributed by atoms with Crippen molar-refractivity contribution in [3.05, 3.63) is 204 Å². The van der Waals surface area contributed by atoms with Crippen molar-refractivity contribution in [1.29, 1.82) is 0 Å². The Morgan fingerprint density at radius 2 is 0.981 bits per heavy atom. The molecule has 1 atom stereocenters. The van der Waals surface area contributed by atoms with E-state index in [1.165, 1.54) is 93.9 Å². The third-order valence-corrected chi connectivity index (χ3v) is 11.9. The first-order valence-electron chi connectivity index (χ1n) is 18.1. The van der Waals surface area contributed by atoms with Gasteiger partial charge in [-0.2, -0.15) is 0 Å². The molecule has 0 amide bonds. The Balaban J connectivity index is 1.07. The Labute approximate surface area is 302 Å². The van der Waals surface area contributed by atoms with Crippen molar-refractivity contribution in [1.82, 2.24) is 0 Å². The van der Waals surface area contributed by atoms with Crippen LogP contribution in [-0.4, -0.2) is 0 Å². The second-order valence-electron chi connectivity index (χ2n) is 14.3. The number of para-hydroxylation sites is 1. The molecule has 0 radical (unpaired) electrons. The lowest BCUT2D eigenvalue weighted by Gasteiger charge is -2.31. The summed E-state index contributed by atoms with van der Waals surface area (Å²) in [7, 11) is 0. The van der Waals surface area contributed by atoms with E-state index in [4.69, 9.17) is 4.74 Å². The van der Waals surface area contributed by atoms with E-state index < -0.39 is 5.41 Å². The Kier molecular flexibility index (Phi) is 5.49. The van der Waals surface area contributed by atoms with Crippen LogP contribution in [0.25, 0.3) is 77.2 Å². The van der Waals surface area contributed by atoms with E-state index in [0.29, 0.717) is 0 Å². The third kappa shape index (κ3) is 3.52. The quantitative estimate of drug-likeness (QED) is 0.180. The minimum absolute atomic E-state index is 0.401. The van der Waals surface area contributed by atoms with E-state index in [1.807, 2.05) is 6.07 Å². The topological polar surface area (TPSA) is 9.23 Å². The summed E-state index contributed by atoms with van der Waals surface area (Å²) in [6, 6.07) is 67.3. The molecule has 0 saturated heterocycles. The second-order valence-corrected chi connectivity index (χ2v) is 14.3. The minimum atomic E-state index is -0.401. The Hall–Kier alpha value is -6.70. The van der Waals surface area contributed by atoms with E-state index in [0.717, 1.165) is 17.1 Å². The lowest BCUT2D eigenvalue weighted by atomic mass is 9.70. The van der Waals surface area contributed by atoms with Crippen molar-refractivity contribution in [2.24, 2.45) is 0 Å². The van der Waals surface area contributed by atoms with Crippen LogP contribution >= 0.6 is 0 Å². The van der Waals surface area contributed by atoms with Gasteiger partial charge in [0, 0.05) is 10.9 Å². The van der Waals surface area contributed by atoms with Crippen LogP contribution in [0.15, 0.2) is 182 Å². The first-order valence-corrected chi connectivity index (χ1v) is 18.1. The van der Waals surface area contributed by atoms with Crippen molar-refractivity contribution in [3.8, 4) is 67.1 Å². The summed E-state index contributed by atoms with van der Waals surface area (Å²) in [4.78, 5) is 0. The Morgan fingerprint density at radius 1 is 0.327 bits per heavy atom. The molecule has 0 bridgehead atoms. The van der Waals surface area contributed by atoms with Crippen molar-refractivity contribution in [3.63, 3.8) is 0 Å². The van der Waals surface area contributed by atoms with Gasteiger partial charge in [-0.3, -0.25) is 0 Å². The van der Waals surface area contributed by atoms with E-state index in [-0.39, 0.29) is 0 Å². The summed E-state index contributed by atoms with van der Waals surface area (Å²) in [5.74, 6) is 1.83. The van der Waals surface area contributed by atoms with Gasteiger partial charge in [0.25, 0.3) is 0 Å². The number of ether oxygens (including phenoxy) is 1. The van der Waals surface area contributed by atoms with Gasteiger partial charge in [-0.05, 0) is 113 Å². The molecule has 1 heteroatoms. The zero-order valence-corrected chi connectivity index (χ0v) is 28.2. The molecule has 240 valence electrons. The van der Waals surface area contributed by atoms with Crippen LogP contribution < -0.4 is 4.74 Å². The van der Waals surface area contributed by atoms with Gasteiger partial charge in [0.1, 0.15) is 11.5 Å². The molecule has 2 aliphatic carbocycles. The molecule has 0 aromatic heterocycles. The molecule has 1 nitrogen and oxygen atoms in total. The van der Waals surface area contributed by atoms with Gasteiger partial charge in [0.15, 0.2) is 0 Å². The van der Waals surface area contributed by atoms with Crippen molar-refractivity contribution in [2.75, 3.05) is 0 Å². The smallest absolute Gasteiger partial charge is 0.135 e. The summed E-state index contributed by atoms with van der Waals surface area (Å²) in [5.41, 5.74) is 17.6. The fraction of sp³-hybridized carbons (Fsp3) is 0.0196. The molecule has 1 spiro atoms. The Morgan fingerprint density at radius 3 is 1.90 bits per heavy atom. The fourth-order valence-electron chi connectivity index (χ4n) is 9.79. The maximum atomic E-state index is 6.42. The summed E-state index contributed by atoms with van der Waals surface area (Å²) in [5, 5.41) is 4.97. The zero-order chi connectivity index (χ0) is 34.0. The molecule has 1 heterocycles. The molecule has 1 unspecified atom stereocenters. The number of hydrogen-bond acceptors (Lipinski definition) is 1. The first-order chi connectivity index (χ1) is 25.8. The summed E-state index contributed by atoms with van der Waals surface area (Å²) in [6.45, 7) is 0. The Bertz CT molecular complexity index is 3000. The van der Waals surface area contributed by atoms with Crippen LogP contribution in [0, 0.1) is 0 Å². The monoisotopic (exact) mass is 658 g/mol. The van der Waals surface area contributed by atoms with Gasteiger partial charge >= 0.3 is 0 Å². The van der Waals surface area contributed by atoms with Gasteiger partial charge in [0.05, 0.1) is 5.41 Å². The van der Waals surface area contributed by atoms with Crippen LogP contribution in [0.4, 0.5) is 0 Å². The van der Waals surface area contributed by atoms with Gasteiger partial charge in [-0.25, -0.2) is 0 Å². The first kappa shape index (κ1) is 28.0. The SMILES string of the molecule is c1cc(-c2ccc3c(c2)C2(c4ccccc4-3)c3ccccc3-c3c2ccc2ccccc32)cc(-c2ccc3c4c(cccc24)-c2ccccc2O3)c1. The second kappa shape index (κ2) is 10.2. The normalized spacial score (nSPS) is 15.5. The third-order valence-electron chi connectivity index (χ3n) is 11.9.